The Bertz CT molecular complexity index is 352. The van der Waals surface area contributed by atoms with E-state index in [-0.39, 0.29) is 24.0 Å². The maximum absolute atomic E-state index is 2.94. The molecule has 1 nitrogen and oxygen atoms in total. The van der Waals surface area contributed by atoms with E-state index in [2.05, 4.69) is 44.7 Å². The number of unbranched alkanes of at least 4 members (excludes halogenated alkanes) is 15. The first-order valence-electron chi connectivity index (χ1n) is 15.2. The van der Waals surface area contributed by atoms with Gasteiger partial charge in [0.2, 0.25) is 0 Å². The topological polar surface area (TPSA) is 3.24 Å². The van der Waals surface area contributed by atoms with E-state index < -0.39 is 0 Å². The molecular formula is C31H64IN. The molecule has 0 aromatic carbocycles. The van der Waals surface area contributed by atoms with Gasteiger partial charge in [-0.1, -0.05) is 143 Å². The van der Waals surface area contributed by atoms with Gasteiger partial charge in [-0.25, -0.2) is 0 Å². The predicted octanol–water partition coefficient (Wildman–Crippen LogP) is 11.5. The molecule has 0 aliphatic carbocycles. The van der Waals surface area contributed by atoms with Crippen molar-refractivity contribution in [2.24, 2.45) is 0 Å². The van der Waals surface area contributed by atoms with E-state index in [9.17, 15) is 0 Å². The van der Waals surface area contributed by atoms with E-state index in [1.54, 1.807) is 0 Å². The van der Waals surface area contributed by atoms with Crippen LogP contribution in [-0.4, -0.2) is 24.0 Å². The standard InChI is InChI=1S/C31H63N.HI/c1-5-9-13-17-21-25-29-32(30-26-22-18-14-10-6-2)31(27-23-19-15-11-7-3)28-24-20-16-12-8-4;/h15,19,31H,5-14,16-18,20-30H2,1-4H3;1H. The zero-order valence-electron chi connectivity index (χ0n) is 23.6. The average Bonchev–Trinajstić information content (AvgIpc) is 2.80. The molecule has 200 valence electrons. The van der Waals surface area contributed by atoms with Crippen LogP contribution in [-0.2, 0) is 0 Å². The van der Waals surface area contributed by atoms with Crippen molar-refractivity contribution < 1.29 is 0 Å². The van der Waals surface area contributed by atoms with Crippen LogP contribution in [0.2, 0.25) is 0 Å². The molecule has 0 rings (SSSR count). The van der Waals surface area contributed by atoms with E-state index in [1.807, 2.05) is 0 Å². The Balaban J connectivity index is 0. The first-order chi connectivity index (χ1) is 15.8. The quantitative estimate of drug-likeness (QED) is 0.0561. The van der Waals surface area contributed by atoms with Crippen LogP contribution in [0.1, 0.15) is 169 Å². The largest absolute Gasteiger partial charge is 0.300 e. The highest BCUT2D eigenvalue weighted by Gasteiger charge is 2.17. The van der Waals surface area contributed by atoms with Gasteiger partial charge < -0.3 is 4.90 Å². The summed E-state index contributed by atoms with van der Waals surface area (Å²) in [6, 6.07) is 0.814. The minimum Gasteiger partial charge on any atom is -0.300 e. The van der Waals surface area contributed by atoms with Crippen LogP contribution in [0.3, 0.4) is 0 Å². The summed E-state index contributed by atoms with van der Waals surface area (Å²) in [4.78, 5) is 2.94. The lowest BCUT2D eigenvalue weighted by Gasteiger charge is -2.32. The molecule has 0 saturated carbocycles. The number of nitrogens with zero attached hydrogens (tertiary/aromatic N) is 1. The Morgan fingerprint density at radius 3 is 1.36 bits per heavy atom. The van der Waals surface area contributed by atoms with Crippen LogP contribution in [0.15, 0.2) is 12.2 Å². The zero-order valence-corrected chi connectivity index (χ0v) is 25.9. The molecule has 1 atom stereocenters. The average molecular weight is 578 g/mol. The second-order valence-corrected chi connectivity index (χ2v) is 10.3. The summed E-state index contributed by atoms with van der Waals surface area (Å²) in [5.41, 5.74) is 0. The van der Waals surface area contributed by atoms with Crippen molar-refractivity contribution in [3.05, 3.63) is 12.2 Å². The predicted molar refractivity (Wildman–Crippen MR) is 164 cm³/mol. The van der Waals surface area contributed by atoms with Gasteiger partial charge in [-0.15, -0.1) is 24.0 Å². The number of rotatable bonds is 26. The van der Waals surface area contributed by atoms with Gasteiger partial charge in [0, 0.05) is 6.04 Å². The number of hydrogen-bond acceptors (Lipinski definition) is 1. The third kappa shape index (κ3) is 25.3. The van der Waals surface area contributed by atoms with Gasteiger partial charge in [-0.2, -0.15) is 0 Å². The van der Waals surface area contributed by atoms with E-state index in [1.165, 1.54) is 154 Å². The van der Waals surface area contributed by atoms with Crippen molar-refractivity contribution in [2.75, 3.05) is 13.1 Å². The van der Waals surface area contributed by atoms with Crippen LogP contribution < -0.4 is 0 Å². The van der Waals surface area contributed by atoms with Crippen molar-refractivity contribution in [3.63, 3.8) is 0 Å². The van der Waals surface area contributed by atoms with Crippen molar-refractivity contribution in [3.8, 4) is 0 Å². The van der Waals surface area contributed by atoms with Gasteiger partial charge in [0.05, 0.1) is 0 Å². The lowest BCUT2D eigenvalue weighted by Crippen LogP contribution is -2.37. The van der Waals surface area contributed by atoms with Crippen LogP contribution in [0.4, 0.5) is 0 Å². The Morgan fingerprint density at radius 2 is 0.879 bits per heavy atom. The molecule has 0 aliphatic rings. The van der Waals surface area contributed by atoms with Gasteiger partial charge in [0.1, 0.15) is 0 Å². The number of halogens is 1. The van der Waals surface area contributed by atoms with Gasteiger partial charge in [-0.3, -0.25) is 0 Å². The van der Waals surface area contributed by atoms with Gasteiger partial charge >= 0.3 is 0 Å². The van der Waals surface area contributed by atoms with Crippen molar-refractivity contribution in [1.29, 1.82) is 0 Å². The molecule has 0 bridgehead atoms. The minimum absolute atomic E-state index is 0. The summed E-state index contributed by atoms with van der Waals surface area (Å²) < 4.78 is 0. The summed E-state index contributed by atoms with van der Waals surface area (Å²) in [6.45, 7) is 11.9. The maximum Gasteiger partial charge on any atom is 0.00982 e. The SMILES string of the molecule is CCCC=CCCC(CCCCCCC)N(CCCCCCCC)CCCCCCCC.I. The van der Waals surface area contributed by atoms with Gasteiger partial charge in [0.15, 0.2) is 0 Å². The monoisotopic (exact) mass is 577 g/mol. The fraction of sp³-hybridized carbons (Fsp3) is 0.935. The van der Waals surface area contributed by atoms with E-state index in [0.29, 0.717) is 0 Å². The molecule has 1 unspecified atom stereocenters. The van der Waals surface area contributed by atoms with Gasteiger partial charge in [0.25, 0.3) is 0 Å². The van der Waals surface area contributed by atoms with Crippen molar-refractivity contribution in [2.45, 2.75) is 175 Å². The lowest BCUT2D eigenvalue weighted by atomic mass is 9.99. The smallest absolute Gasteiger partial charge is 0.00982 e. The normalized spacial score (nSPS) is 12.5. The van der Waals surface area contributed by atoms with Crippen LogP contribution in [0.25, 0.3) is 0 Å². The maximum atomic E-state index is 2.94. The van der Waals surface area contributed by atoms with E-state index >= 15 is 0 Å². The number of hydrogen-bond donors (Lipinski definition) is 0. The highest BCUT2D eigenvalue weighted by atomic mass is 127. The molecule has 0 aromatic heterocycles. The highest BCUT2D eigenvalue weighted by Crippen LogP contribution is 2.20. The second kappa shape index (κ2) is 30.5. The second-order valence-electron chi connectivity index (χ2n) is 10.3. The molecule has 0 radical (unpaired) electrons. The molecule has 0 saturated heterocycles. The Kier molecular flexibility index (Phi) is 32.9. The molecule has 33 heavy (non-hydrogen) atoms. The minimum atomic E-state index is 0. The van der Waals surface area contributed by atoms with Crippen molar-refractivity contribution in [1.82, 2.24) is 4.90 Å². The van der Waals surface area contributed by atoms with E-state index in [4.69, 9.17) is 0 Å². The van der Waals surface area contributed by atoms with Crippen molar-refractivity contribution >= 4 is 24.0 Å². The summed E-state index contributed by atoms with van der Waals surface area (Å²) in [5.74, 6) is 0. The Hall–Kier alpha value is 0.430. The highest BCUT2D eigenvalue weighted by molar-refractivity contribution is 14.0. The zero-order chi connectivity index (χ0) is 23.5. The third-order valence-electron chi connectivity index (χ3n) is 7.04. The van der Waals surface area contributed by atoms with Crippen LogP contribution >= 0.6 is 24.0 Å². The molecule has 0 spiro atoms. The van der Waals surface area contributed by atoms with Crippen LogP contribution in [0, 0.1) is 0 Å². The summed E-state index contributed by atoms with van der Waals surface area (Å²) in [7, 11) is 0. The summed E-state index contributed by atoms with van der Waals surface area (Å²) >= 11 is 0. The molecule has 0 aliphatic heterocycles. The molecule has 0 aromatic rings. The Morgan fingerprint density at radius 1 is 0.455 bits per heavy atom. The van der Waals surface area contributed by atoms with Crippen LogP contribution in [0.5, 0.6) is 0 Å². The first-order valence-corrected chi connectivity index (χ1v) is 15.2. The molecule has 2 heteroatoms. The fourth-order valence-corrected chi connectivity index (χ4v) is 4.85. The fourth-order valence-electron chi connectivity index (χ4n) is 4.85. The molecule has 0 N–H and O–H groups in total. The molecular weight excluding hydrogens is 513 g/mol. The van der Waals surface area contributed by atoms with E-state index in [0.717, 1.165) is 6.04 Å². The molecule has 0 heterocycles. The molecule has 0 fully saturated rings. The molecule has 0 amide bonds. The Labute approximate surface area is 228 Å². The summed E-state index contributed by atoms with van der Waals surface area (Å²) in [6.07, 6.45) is 35.6. The van der Waals surface area contributed by atoms with Gasteiger partial charge in [-0.05, 0) is 51.6 Å². The number of allylic oxidation sites excluding steroid dienone is 2. The first kappa shape index (κ1) is 35.6. The summed E-state index contributed by atoms with van der Waals surface area (Å²) in [5, 5.41) is 0. The third-order valence-corrected chi connectivity index (χ3v) is 7.04. The lowest BCUT2D eigenvalue weighted by molar-refractivity contribution is 0.167.